The molecule has 26 heavy (non-hydrogen) atoms. The molecule has 0 saturated heterocycles. The van der Waals surface area contributed by atoms with Crippen LogP contribution in [0.5, 0.6) is 5.75 Å². The van der Waals surface area contributed by atoms with E-state index in [4.69, 9.17) is 9.15 Å². The standard InChI is InChI=1S/C19H19N3O3S/c1-24-15-6-4-14(5-7-15)17-8-10-20-19(22-17)26-12-9-18(23)21-13-16-3-2-11-25-16/h2-8,10-11H,9,12-13H2,1H3,(H,21,23). The SMILES string of the molecule is COc1ccc(-c2ccnc(SCCC(=O)NCc3ccco3)n2)cc1. The molecular weight excluding hydrogens is 350 g/mol. The van der Waals surface area contributed by atoms with Crippen LogP contribution in [-0.4, -0.2) is 28.7 Å². The van der Waals surface area contributed by atoms with E-state index in [1.54, 1.807) is 25.6 Å². The molecule has 1 amide bonds. The summed E-state index contributed by atoms with van der Waals surface area (Å²) in [4.78, 5) is 20.7. The molecule has 0 aliphatic carbocycles. The van der Waals surface area contributed by atoms with Crippen LogP contribution in [-0.2, 0) is 11.3 Å². The van der Waals surface area contributed by atoms with Gasteiger partial charge in [-0.25, -0.2) is 9.97 Å². The van der Waals surface area contributed by atoms with Gasteiger partial charge in [0.25, 0.3) is 0 Å². The molecule has 7 heteroatoms. The predicted octanol–water partition coefficient (Wildman–Crippen LogP) is 3.54. The number of carbonyl (C=O) groups excluding carboxylic acids is 1. The lowest BCUT2D eigenvalue weighted by Crippen LogP contribution is -2.22. The zero-order chi connectivity index (χ0) is 18.2. The number of rotatable bonds is 8. The van der Waals surface area contributed by atoms with E-state index in [1.165, 1.54) is 11.8 Å². The monoisotopic (exact) mass is 369 g/mol. The Morgan fingerprint density at radius 3 is 2.81 bits per heavy atom. The zero-order valence-electron chi connectivity index (χ0n) is 14.3. The van der Waals surface area contributed by atoms with Crippen molar-refractivity contribution in [1.82, 2.24) is 15.3 Å². The van der Waals surface area contributed by atoms with Crippen LogP contribution in [0.2, 0.25) is 0 Å². The summed E-state index contributed by atoms with van der Waals surface area (Å²) in [6.07, 6.45) is 3.71. The van der Waals surface area contributed by atoms with Gasteiger partial charge < -0.3 is 14.5 Å². The zero-order valence-corrected chi connectivity index (χ0v) is 15.2. The summed E-state index contributed by atoms with van der Waals surface area (Å²) in [5.41, 5.74) is 1.83. The number of carbonyl (C=O) groups is 1. The molecular formula is C19H19N3O3S. The number of aromatic nitrogens is 2. The summed E-state index contributed by atoms with van der Waals surface area (Å²) in [6, 6.07) is 13.2. The first-order valence-electron chi connectivity index (χ1n) is 8.14. The average molecular weight is 369 g/mol. The van der Waals surface area contributed by atoms with Crippen LogP contribution >= 0.6 is 11.8 Å². The van der Waals surface area contributed by atoms with Gasteiger partial charge in [0.15, 0.2) is 5.16 Å². The Hall–Kier alpha value is -2.80. The summed E-state index contributed by atoms with van der Waals surface area (Å²) in [6.45, 7) is 0.403. The lowest BCUT2D eigenvalue weighted by Gasteiger charge is -2.05. The Labute approximate surface area is 156 Å². The highest BCUT2D eigenvalue weighted by Gasteiger charge is 2.06. The van der Waals surface area contributed by atoms with Crippen LogP contribution in [0.3, 0.4) is 0 Å². The van der Waals surface area contributed by atoms with Gasteiger partial charge in [0, 0.05) is 23.9 Å². The maximum atomic E-state index is 11.9. The van der Waals surface area contributed by atoms with Crippen LogP contribution in [0.4, 0.5) is 0 Å². The minimum Gasteiger partial charge on any atom is -0.497 e. The number of methoxy groups -OCH3 is 1. The molecule has 0 saturated carbocycles. The van der Waals surface area contributed by atoms with E-state index in [1.807, 2.05) is 36.4 Å². The van der Waals surface area contributed by atoms with Crippen LogP contribution in [0.25, 0.3) is 11.3 Å². The fourth-order valence-electron chi connectivity index (χ4n) is 2.26. The second kappa shape index (κ2) is 9.05. The quantitative estimate of drug-likeness (QED) is 0.483. The van der Waals surface area contributed by atoms with E-state index in [0.717, 1.165) is 22.8 Å². The maximum Gasteiger partial charge on any atom is 0.221 e. The normalized spacial score (nSPS) is 10.5. The van der Waals surface area contributed by atoms with Crippen molar-refractivity contribution < 1.29 is 13.9 Å². The summed E-state index contributed by atoms with van der Waals surface area (Å²) in [7, 11) is 1.64. The number of hydrogen-bond donors (Lipinski definition) is 1. The molecule has 2 heterocycles. The Morgan fingerprint density at radius 2 is 2.08 bits per heavy atom. The second-order valence-corrected chi connectivity index (χ2v) is 6.47. The molecule has 0 aliphatic heterocycles. The third-order valence-corrected chi connectivity index (χ3v) is 4.48. The summed E-state index contributed by atoms with van der Waals surface area (Å²) >= 11 is 1.46. The first-order valence-corrected chi connectivity index (χ1v) is 9.12. The van der Waals surface area contributed by atoms with Crippen molar-refractivity contribution in [3.63, 3.8) is 0 Å². The average Bonchev–Trinajstić information content (AvgIpc) is 3.20. The van der Waals surface area contributed by atoms with Crippen molar-refractivity contribution >= 4 is 17.7 Å². The molecule has 3 aromatic rings. The third-order valence-electron chi connectivity index (χ3n) is 3.62. The number of nitrogens with zero attached hydrogens (tertiary/aromatic N) is 2. The van der Waals surface area contributed by atoms with Crippen LogP contribution in [0, 0.1) is 0 Å². The van der Waals surface area contributed by atoms with Gasteiger partial charge in [-0.05, 0) is 42.5 Å². The number of ether oxygens (including phenoxy) is 1. The first kappa shape index (κ1) is 18.0. The smallest absolute Gasteiger partial charge is 0.221 e. The highest BCUT2D eigenvalue weighted by atomic mass is 32.2. The van der Waals surface area contributed by atoms with Crippen molar-refractivity contribution in [2.24, 2.45) is 0 Å². The highest BCUT2D eigenvalue weighted by Crippen LogP contribution is 2.22. The molecule has 1 aromatic carbocycles. The molecule has 0 radical (unpaired) electrons. The summed E-state index contributed by atoms with van der Waals surface area (Å²) in [5.74, 6) is 2.12. The van der Waals surface area contributed by atoms with E-state index < -0.39 is 0 Å². The Bertz CT molecular complexity index is 836. The molecule has 134 valence electrons. The molecule has 1 N–H and O–H groups in total. The summed E-state index contributed by atoms with van der Waals surface area (Å²) in [5, 5.41) is 3.47. The van der Waals surface area contributed by atoms with Gasteiger partial charge in [-0.1, -0.05) is 11.8 Å². The minimum atomic E-state index is -0.0276. The number of benzene rings is 1. The van der Waals surface area contributed by atoms with Gasteiger partial charge in [-0.15, -0.1) is 0 Å². The molecule has 3 rings (SSSR count). The topological polar surface area (TPSA) is 77.2 Å². The van der Waals surface area contributed by atoms with E-state index in [0.29, 0.717) is 23.9 Å². The fourth-order valence-corrected chi connectivity index (χ4v) is 3.02. The minimum absolute atomic E-state index is 0.0276. The Balaban J connectivity index is 1.49. The number of amides is 1. The molecule has 0 unspecified atom stereocenters. The van der Waals surface area contributed by atoms with Gasteiger partial charge in [0.2, 0.25) is 5.91 Å². The number of hydrogen-bond acceptors (Lipinski definition) is 6. The highest BCUT2D eigenvalue weighted by molar-refractivity contribution is 7.99. The van der Waals surface area contributed by atoms with Gasteiger partial charge in [0.1, 0.15) is 11.5 Å². The maximum absolute atomic E-state index is 11.9. The second-order valence-electron chi connectivity index (χ2n) is 5.41. The van der Waals surface area contributed by atoms with Crippen LogP contribution in [0.1, 0.15) is 12.2 Å². The van der Waals surface area contributed by atoms with Gasteiger partial charge in [-0.3, -0.25) is 4.79 Å². The van der Waals surface area contributed by atoms with E-state index in [9.17, 15) is 4.79 Å². The van der Waals surface area contributed by atoms with Gasteiger partial charge >= 0.3 is 0 Å². The number of thioether (sulfide) groups is 1. The summed E-state index contributed by atoms with van der Waals surface area (Å²) < 4.78 is 10.3. The molecule has 0 bridgehead atoms. The largest absolute Gasteiger partial charge is 0.497 e. The third kappa shape index (κ3) is 5.10. The first-order chi connectivity index (χ1) is 12.7. The lowest BCUT2D eigenvalue weighted by molar-refractivity contribution is -0.120. The fraction of sp³-hybridized carbons (Fsp3) is 0.211. The van der Waals surface area contributed by atoms with Crippen molar-refractivity contribution in [3.05, 3.63) is 60.7 Å². The molecule has 0 atom stereocenters. The van der Waals surface area contributed by atoms with E-state index in [2.05, 4.69) is 15.3 Å². The van der Waals surface area contributed by atoms with Gasteiger partial charge in [0.05, 0.1) is 25.6 Å². The molecule has 0 fully saturated rings. The van der Waals surface area contributed by atoms with Crippen molar-refractivity contribution in [1.29, 1.82) is 0 Å². The van der Waals surface area contributed by atoms with E-state index in [-0.39, 0.29) is 5.91 Å². The van der Waals surface area contributed by atoms with Gasteiger partial charge in [-0.2, -0.15) is 0 Å². The molecule has 6 nitrogen and oxygen atoms in total. The van der Waals surface area contributed by atoms with Crippen molar-refractivity contribution in [3.8, 4) is 17.0 Å². The van der Waals surface area contributed by atoms with E-state index >= 15 is 0 Å². The molecule has 0 spiro atoms. The molecule has 2 aromatic heterocycles. The predicted molar refractivity (Wildman–Crippen MR) is 99.9 cm³/mol. The van der Waals surface area contributed by atoms with Crippen molar-refractivity contribution in [2.45, 2.75) is 18.1 Å². The van der Waals surface area contributed by atoms with Crippen LogP contribution in [0.15, 0.2) is 64.5 Å². The van der Waals surface area contributed by atoms with Crippen LogP contribution < -0.4 is 10.1 Å². The molecule has 0 aliphatic rings. The Kier molecular flexibility index (Phi) is 6.27. The Morgan fingerprint density at radius 1 is 1.23 bits per heavy atom. The number of furan rings is 1. The van der Waals surface area contributed by atoms with Crippen molar-refractivity contribution in [2.75, 3.05) is 12.9 Å². The number of nitrogens with one attached hydrogen (secondary N) is 1. The lowest BCUT2D eigenvalue weighted by atomic mass is 10.1.